The first-order valence-electron chi connectivity index (χ1n) is 11.6. The Morgan fingerprint density at radius 2 is 1.58 bits per heavy atom. The van der Waals surface area contributed by atoms with Crippen LogP contribution in [0.4, 0.5) is 0 Å². The van der Waals surface area contributed by atoms with E-state index < -0.39 is 10.4 Å². The summed E-state index contributed by atoms with van der Waals surface area (Å²) in [7, 11) is -4.40. The van der Waals surface area contributed by atoms with Crippen molar-refractivity contribution in [2.75, 3.05) is 39.6 Å². The zero-order valence-electron chi connectivity index (χ0n) is 22.5. The fraction of sp³-hybridized carbons (Fsp3) is 0.727. The Kier molecular flexibility index (Phi) is 15.3. The number of nitrogens with zero attached hydrogens (tertiary/aromatic N) is 3. The number of hydrogen-bond acceptors (Lipinski definition) is 12. The summed E-state index contributed by atoms with van der Waals surface area (Å²) in [4.78, 5) is 6.46. The topological polar surface area (TPSA) is 203 Å². The zero-order valence-corrected chi connectivity index (χ0v) is 23.3. The molecule has 0 aromatic rings. The molecule has 9 N–H and O–H groups in total. The predicted molar refractivity (Wildman–Crippen MR) is 144 cm³/mol. The van der Waals surface area contributed by atoms with Gasteiger partial charge in [-0.25, -0.2) is 4.18 Å². The van der Waals surface area contributed by atoms with Crippen molar-refractivity contribution < 1.29 is 21.9 Å². The van der Waals surface area contributed by atoms with Gasteiger partial charge in [-0.05, 0) is 54.4 Å². The van der Waals surface area contributed by atoms with E-state index in [9.17, 15) is 8.42 Å². The summed E-state index contributed by atoms with van der Waals surface area (Å²) in [6, 6.07) is 0. The Balaban J connectivity index is 4.89. The molecule has 0 amide bonds. The molecular formula is C22H46N8O5S. The highest BCUT2D eigenvalue weighted by molar-refractivity contribution is 7.80. The van der Waals surface area contributed by atoms with Crippen molar-refractivity contribution >= 4 is 22.3 Å². The fourth-order valence-electron chi connectivity index (χ4n) is 2.47. The molecule has 0 bridgehead atoms. The minimum Gasteiger partial charge on any atom is -0.400 e. The molecule has 0 aliphatic carbocycles. The van der Waals surface area contributed by atoms with Crippen LogP contribution in [0.5, 0.6) is 0 Å². The van der Waals surface area contributed by atoms with Crippen molar-refractivity contribution in [3.05, 3.63) is 23.8 Å². The lowest BCUT2D eigenvalue weighted by atomic mass is 10.1. The van der Waals surface area contributed by atoms with E-state index in [0.717, 1.165) is 0 Å². The molecule has 0 heterocycles. The zero-order chi connectivity index (χ0) is 27.8. The van der Waals surface area contributed by atoms with E-state index in [0.29, 0.717) is 56.2 Å². The van der Waals surface area contributed by atoms with Crippen molar-refractivity contribution in [1.29, 1.82) is 0 Å². The first-order chi connectivity index (χ1) is 16.5. The number of rotatable bonds is 17. The van der Waals surface area contributed by atoms with Crippen LogP contribution < -0.4 is 27.9 Å². The number of nitrogens with one attached hydrogen (secondary N) is 2. The van der Waals surface area contributed by atoms with Crippen molar-refractivity contribution in [2.24, 2.45) is 27.4 Å². The minimum absolute atomic E-state index is 0.101. The summed E-state index contributed by atoms with van der Waals surface area (Å²) < 4.78 is 39.1. The predicted octanol–water partition coefficient (Wildman–Crippen LogP) is 0.624. The molecule has 0 radical (unpaired) electrons. The third-order valence-corrected chi connectivity index (χ3v) is 4.51. The van der Waals surface area contributed by atoms with E-state index in [1.54, 1.807) is 18.6 Å². The van der Waals surface area contributed by atoms with E-state index in [1.807, 2.05) is 46.4 Å². The molecule has 0 aromatic heterocycles. The quantitative estimate of drug-likeness (QED) is 0.0381. The van der Waals surface area contributed by atoms with E-state index >= 15 is 0 Å². The van der Waals surface area contributed by atoms with Gasteiger partial charge in [0.25, 0.3) is 0 Å². The van der Waals surface area contributed by atoms with Crippen LogP contribution in [0.1, 0.15) is 54.4 Å². The van der Waals surface area contributed by atoms with Gasteiger partial charge in [0.1, 0.15) is 6.73 Å². The lowest BCUT2D eigenvalue weighted by Crippen LogP contribution is -2.39. The maximum absolute atomic E-state index is 10.5. The maximum atomic E-state index is 10.5. The Morgan fingerprint density at radius 1 is 1.00 bits per heavy atom. The van der Waals surface area contributed by atoms with E-state index in [1.165, 1.54) is 0 Å². The second-order valence-corrected chi connectivity index (χ2v) is 11.3. The molecule has 0 aliphatic heterocycles. The lowest BCUT2D eigenvalue weighted by molar-refractivity contribution is 0.117. The summed E-state index contributed by atoms with van der Waals surface area (Å²) in [5.41, 5.74) is 13.8. The van der Waals surface area contributed by atoms with Gasteiger partial charge in [0, 0.05) is 61.8 Å². The first kappa shape index (κ1) is 33.6. The van der Waals surface area contributed by atoms with Crippen molar-refractivity contribution in [3.8, 4) is 0 Å². The molecule has 0 saturated carbocycles. The molecule has 0 unspecified atom stereocenters. The molecule has 0 saturated heterocycles. The van der Waals surface area contributed by atoms with Crippen LogP contribution in [0.3, 0.4) is 0 Å². The molecule has 0 rings (SSSR count). The van der Waals surface area contributed by atoms with E-state index in [2.05, 4.69) is 24.9 Å². The molecule has 14 heteroatoms. The molecule has 0 spiro atoms. The normalized spacial score (nSPS) is 14.6. The maximum Gasteiger partial charge on any atom is 0.397 e. The summed E-state index contributed by atoms with van der Waals surface area (Å²) >= 11 is 0. The standard InChI is InChI=1S/C22H46N8O5S/c1-21(2,3)27-12-19(24)15-30(16-20(29-25)13-28-22(4,5)6)14-18(23)11-26-17-34-9-7-8-10-35-36(31,32)33/h11-13,26-27H,7-10,14-17,23-25H2,1-6H3,(H,31,32,33)/b18-11-,19-12-,28-13?,29-20?. The van der Waals surface area contributed by atoms with Crippen molar-refractivity contribution in [1.82, 2.24) is 15.5 Å². The average Bonchev–Trinajstić information content (AvgIpc) is 2.72. The number of ether oxygens (including phenoxy) is 1. The van der Waals surface area contributed by atoms with Crippen LogP contribution in [0.15, 0.2) is 33.9 Å². The smallest absolute Gasteiger partial charge is 0.397 e. The van der Waals surface area contributed by atoms with Crippen LogP contribution in [0, 0.1) is 0 Å². The average molecular weight is 535 g/mol. The number of hydrogen-bond donors (Lipinski definition) is 6. The number of hydrazone groups is 1. The Hall–Kier alpha value is -2.39. The Morgan fingerprint density at radius 3 is 2.11 bits per heavy atom. The molecule has 36 heavy (non-hydrogen) atoms. The largest absolute Gasteiger partial charge is 0.400 e. The van der Waals surface area contributed by atoms with Gasteiger partial charge < -0.3 is 32.7 Å². The van der Waals surface area contributed by atoms with Gasteiger partial charge >= 0.3 is 10.4 Å². The summed E-state index contributed by atoms with van der Waals surface area (Å²) in [6.45, 7) is 13.7. The van der Waals surface area contributed by atoms with Crippen LogP contribution in [0.2, 0.25) is 0 Å². The van der Waals surface area contributed by atoms with Gasteiger partial charge in [-0.2, -0.15) is 13.5 Å². The van der Waals surface area contributed by atoms with Crippen LogP contribution in [0.25, 0.3) is 0 Å². The molecular weight excluding hydrogens is 488 g/mol. The summed E-state index contributed by atoms with van der Waals surface area (Å²) in [5.74, 6) is 5.59. The van der Waals surface area contributed by atoms with Gasteiger partial charge in [0.2, 0.25) is 0 Å². The first-order valence-corrected chi connectivity index (χ1v) is 13.0. The molecule has 210 valence electrons. The number of aliphatic imine (C=N–C) groups is 1. The van der Waals surface area contributed by atoms with Crippen molar-refractivity contribution in [2.45, 2.75) is 65.5 Å². The second-order valence-electron chi connectivity index (χ2n) is 10.2. The molecule has 0 fully saturated rings. The van der Waals surface area contributed by atoms with Gasteiger partial charge in [0.05, 0.1) is 17.9 Å². The second kappa shape index (κ2) is 16.4. The van der Waals surface area contributed by atoms with Crippen LogP contribution in [-0.2, 0) is 19.3 Å². The van der Waals surface area contributed by atoms with Gasteiger partial charge in [-0.3, -0.25) is 14.4 Å². The van der Waals surface area contributed by atoms with Gasteiger partial charge in [-0.1, -0.05) is 0 Å². The molecule has 0 atom stereocenters. The van der Waals surface area contributed by atoms with Crippen LogP contribution >= 0.6 is 0 Å². The SMILES string of the molecule is CC(C)(C)N=CC(CN(C/C(N)=C/NCOCCCCOS(=O)(=O)O)C/C(N)=C/NC(C)(C)C)=NN. The van der Waals surface area contributed by atoms with E-state index in [-0.39, 0.29) is 24.4 Å². The van der Waals surface area contributed by atoms with E-state index in [4.69, 9.17) is 26.6 Å². The van der Waals surface area contributed by atoms with Gasteiger partial charge in [-0.15, -0.1) is 0 Å². The molecule has 0 aromatic carbocycles. The highest BCUT2D eigenvalue weighted by atomic mass is 32.3. The minimum atomic E-state index is -4.40. The fourth-order valence-corrected chi connectivity index (χ4v) is 2.80. The summed E-state index contributed by atoms with van der Waals surface area (Å²) in [5, 5.41) is 10.1. The summed E-state index contributed by atoms with van der Waals surface area (Å²) in [6.07, 6.45) is 6.07. The number of unbranched alkanes of at least 4 members (excludes halogenated alkanes) is 1. The third kappa shape index (κ3) is 22.1. The highest BCUT2D eigenvalue weighted by Gasteiger charge is 2.13. The third-order valence-electron chi connectivity index (χ3n) is 4.04. The monoisotopic (exact) mass is 534 g/mol. The molecule has 0 aliphatic rings. The molecule has 13 nitrogen and oxygen atoms in total. The Labute approximate surface area is 216 Å². The number of nitrogens with two attached hydrogens (primary N) is 3. The lowest BCUT2D eigenvalue weighted by Gasteiger charge is -2.24. The highest BCUT2D eigenvalue weighted by Crippen LogP contribution is 2.06. The van der Waals surface area contributed by atoms with Crippen LogP contribution in [-0.4, -0.2) is 80.5 Å². The van der Waals surface area contributed by atoms with Crippen molar-refractivity contribution in [3.63, 3.8) is 0 Å². The van der Waals surface area contributed by atoms with Gasteiger partial charge in [0.15, 0.2) is 0 Å². The Bertz CT molecular complexity index is 859.